The first-order valence-corrected chi connectivity index (χ1v) is 12.0. The maximum atomic E-state index is 14.0. The van der Waals surface area contributed by atoms with Crippen molar-refractivity contribution in [2.24, 2.45) is 5.92 Å². The number of carbonyl (C=O) groups excluding carboxylic acids is 1. The summed E-state index contributed by atoms with van der Waals surface area (Å²) in [5, 5.41) is 9.78. The summed E-state index contributed by atoms with van der Waals surface area (Å²) in [7, 11) is 3.13. The normalized spacial score (nSPS) is 20.1. The number of rotatable bonds is 10. The van der Waals surface area contributed by atoms with E-state index in [9.17, 15) is 14.7 Å². The summed E-state index contributed by atoms with van der Waals surface area (Å²) in [6.45, 7) is 4.65. The topological polar surface area (TPSA) is 85.3 Å². The van der Waals surface area contributed by atoms with Crippen molar-refractivity contribution in [3.8, 4) is 17.2 Å². The van der Waals surface area contributed by atoms with Crippen LogP contribution in [0.3, 0.4) is 0 Å². The molecular weight excluding hydrogens is 422 g/mol. The molecule has 3 rings (SSSR count). The lowest BCUT2D eigenvalue weighted by Gasteiger charge is -2.39. The Morgan fingerprint density at radius 1 is 1.09 bits per heavy atom. The van der Waals surface area contributed by atoms with Crippen molar-refractivity contribution in [1.29, 1.82) is 0 Å². The number of hydrogen-bond donors (Lipinski definition) is 1. The minimum absolute atomic E-state index is 0.0988. The number of ether oxygens (including phenoxy) is 3. The monoisotopic (exact) mass is 459 g/mol. The maximum absolute atomic E-state index is 14.0. The first kappa shape index (κ1) is 24.9. The van der Waals surface area contributed by atoms with Crippen LogP contribution in [-0.2, 0) is 9.59 Å². The van der Waals surface area contributed by atoms with Crippen LogP contribution in [0.15, 0.2) is 24.8 Å². The zero-order valence-corrected chi connectivity index (χ0v) is 19.9. The number of benzene rings is 1. The summed E-state index contributed by atoms with van der Waals surface area (Å²) >= 11 is 0. The molecule has 2 unspecified atom stereocenters. The minimum atomic E-state index is -0.925. The smallest absolute Gasteiger partial charge is 0.326 e. The van der Waals surface area contributed by atoms with E-state index in [4.69, 9.17) is 14.2 Å². The molecule has 1 aliphatic heterocycles. The number of carboxylic acid groups (broad SMARTS) is 1. The van der Waals surface area contributed by atoms with Gasteiger partial charge in [0.25, 0.3) is 0 Å². The van der Waals surface area contributed by atoms with Crippen LogP contribution in [0.5, 0.6) is 17.2 Å². The molecule has 1 aliphatic carbocycles. The van der Waals surface area contributed by atoms with Gasteiger partial charge in [-0.05, 0) is 62.1 Å². The first-order chi connectivity index (χ1) is 16.0. The molecule has 2 fully saturated rings. The summed E-state index contributed by atoms with van der Waals surface area (Å²) < 4.78 is 17.1. The van der Waals surface area contributed by atoms with E-state index in [1.807, 2.05) is 12.1 Å². The highest BCUT2D eigenvalue weighted by molar-refractivity contribution is 5.89. The summed E-state index contributed by atoms with van der Waals surface area (Å²) in [6.07, 6.45) is 9.83. The molecule has 0 aromatic heterocycles. The van der Waals surface area contributed by atoms with E-state index >= 15 is 0 Å². The standard InChI is InChI=1S/C26H37NO6/c1-4-5-15-33-22-17-19(16-21(31-2)24(22)32-3)23(18-11-7-6-8-12-18)25(28)27-14-10-9-13-20(27)26(29)30/h4,16-18,20,23H,1,5-15H2,2-3H3,(H,29,30). The van der Waals surface area contributed by atoms with Crippen LogP contribution in [0.25, 0.3) is 0 Å². The molecule has 182 valence electrons. The molecule has 1 amide bonds. The third kappa shape index (κ3) is 5.81. The molecule has 0 bridgehead atoms. The minimum Gasteiger partial charge on any atom is -0.493 e. The molecule has 1 heterocycles. The van der Waals surface area contributed by atoms with Crippen LogP contribution in [0.1, 0.15) is 69.3 Å². The highest BCUT2D eigenvalue weighted by atomic mass is 16.5. The number of nitrogens with zero attached hydrogens (tertiary/aromatic N) is 1. The fourth-order valence-electron chi connectivity index (χ4n) is 5.20. The zero-order valence-electron chi connectivity index (χ0n) is 19.9. The van der Waals surface area contributed by atoms with Gasteiger partial charge in [0.05, 0.1) is 26.7 Å². The molecule has 7 heteroatoms. The molecule has 2 aliphatic rings. The van der Waals surface area contributed by atoms with Crippen LogP contribution in [-0.4, -0.2) is 55.3 Å². The lowest BCUT2D eigenvalue weighted by molar-refractivity contribution is -0.153. The number of methoxy groups -OCH3 is 2. The van der Waals surface area contributed by atoms with Crippen molar-refractivity contribution in [2.75, 3.05) is 27.4 Å². The molecule has 2 atom stereocenters. The molecule has 33 heavy (non-hydrogen) atoms. The Balaban J connectivity index is 2.04. The number of piperidine rings is 1. The van der Waals surface area contributed by atoms with Crippen molar-refractivity contribution in [2.45, 2.75) is 69.7 Å². The zero-order chi connectivity index (χ0) is 23.8. The second kappa shape index (κ2) is 12.0. The van der Waals surface area contributed by atoms with Crippen LogP contribution in [0, 0.1) is 5.92 Å². The SMILES string of the molecule is C=CCCOc1cc(C(C(=O)N2CCCCC2C(=O)O)C2CCCCC2)cc(OC)c1OC. The molecule has 7 nitrogen and oxygen atoms in total. The second-order valence-electron chi connectivity index (χ2n) is 8.94. The lowest BCUT2D eigenvalue weighted by Crippen LogP contribution is -2.50. The number of likely N-dealkylation sites (tertiary alicyclic amines) is 1. The van der Waals surface area contributed by atoms with Crippen LogP contribution >= 0.6 is 0 Å². The number of amides is 1. The van der Waals surface area contributed by atoms with Gasteiger partial charge in [0.1, 0.15) is 6.04 Å². The Kier molecular flexibility index (Phi) is 9.03. The molecule has 1 aromatic rings. The van der Waals surface area contributed by atoms with Gasteiger partial charge in [-0.3, -0.25) is 4.79 Å². The average molecular weight is 460 g/mol. The predicted molar refractivity (Wildman–Crippen MR) is 126 cm³/mol. The van der Waals surface area contributed by atoms with Gasteiger partial charge in [-0.2, -0.15) is 0 Å². The van der Waals surface area contributed by atoms with Crippen LogP contribution < -0.4 is 14.2 Å². The molecule has 1 aromatic carbocycles. The van der Waals surface area contributed by atoms with Crippen molar-refractivity contribution in [3.05, 3.63) is 30.4 Å². The van der Waals surface area contributed by atoms with Gasteiger partial charge in [0, 0.05) is 6.54 Å². The number of aliphatic carboxylic acids is 1. The van der Waals surface area contributed by atoms with Crippen molar-refractivity contribution < 1.29 is 28.9 Å². The van der Waals surface area contributed by atoms with E-state index in [0.717, 1.165) is 44.1 Å². The van der Waals surface area contributed by atoms with Gasteiger partial charge in [0.15, 0.2) is 11.5 Å². The molecular formula is C26H37NO6. The van der Waals surface area contributed by atoms with Crippen LogP contribution in [0.4, 0.5) is 0 Å². The Morgan fingerprint density at radius 3 is 2.42 bits per heavy atom. The van der Waals surface area contributed by atoms with Gasteiger partial charge in [-0.1, -0.05) is 25.3 Å². The number of hydrogen-bond acceptors (Lipinski definition) is 5. The van der Waals surface area contributed by atoms with Gasteiger partial charge in [-0.15, -0.1) is 6.58 Å². The number of carbonyl (C=O) groups is 2. The molecule has 1 saturated carbocycles. The largest absolute Gasteiger partial charge is 0.493 e. The Morgan fingerprint density at radius 2 is 1.79 bits per heavy atom. The Labute approximate surface area is 196 Å². The molecule has 1 N–H and O–H groups in total. The highest BCUT2D eigenvalue weighted by Crippen LogP contribution is 2.45. The average Bonchev–Trinajstić information content (AvgIpc) is 2.84. The van der Waals surface area contributed by atoms with Crippen molar-refractivity contribution >= 4 is 11.9 Å². The van der Waals surface area contributed by atoms with Crippen molar-refractivity contribution in [3.63, 3.8) is 0 Å². The third-order valence-electron chi connectivity index (χ3n) is 6.86. The van der Waals surface area contributed by atoms with Gasteiger partial charge in [-0.25, -0.2) is 4.79 Å². The van der Waals surface area contributed by atoms with E-state index in [0.29, 0.717) is 43.2 Å². The molecule has 0 spiro atoms. The second-order valence-corrected chi connectivity index (χ2v) is 8.94. The third-order valence-corrected chi connectivity index (χ3v) is 6.86. The summed E-state index contributed by atoms with van der Waals surface area (Å²) in [5.41, 5.74) is 0.799. The quantitative estimate of drug-likeness (QED) is 0.400. The van der Waals surface area contributed by atoms with Crippen LogP contribution in [0.2, 0.25) is 0 Å². The van der Waals surface area contributed by atoms with E-state index in [-0.39, 0.29) is 11.8 Å². The lowest BCUT2D eigenvalue weighted by atomic mass is 9.75. The van der Waals surface area contributed by atoms with Gasteiger partial charge >= 0.3 is 5.97 Å². The van der Waals surface area contributed by atoms with Gasteiger partial charge in [0.2, 0.25) is 11.7 Å². The fraction of sp³-hybridized carbons (Fsp3) is 0.615. The highest BCUT2D eigenvalue weighted by Gasteiger charge is 2.40. The predicted octanol–water partition coefficient (Wildman–Crippen LogP) is 4.79. The Bertz CT molecular complexity index is 832. The molecule has 1 saturated heterocycles. The van der Waals surface area contributed by atoms with Crippen molar-refractivity contribution in [1.82, 2.24) is 4.90 Å². The summed E-state index contributed by atoms with van der Waals surface area (Å²) in [6, 6.07) is 2.97. The molecule has 0 radical (unpaired) electrons. The van der Waals surface area contributed by atoms with E-state index in [2.05, 4.69) is 6.58 Å². The Hall–Kier alpha value is -2.70. The van der Waals surface area contributed by atoms with Gasteiger partial charge < -0.3 is 24.2 Å². The number of carboxylic acids is 1. The van der Waals surface area contributed by atoms with E-state index in [1.165, 1.54) is 6.42 Å². The van der Waals surface area contributed by atoms with E-state index < -0.39 is 17.9 Å². The fourth-order valence-corrected chi connectivity index (χ4v) is 5.20. The maximum Gasteiger partial charge on any atom is 0.326 e. The van der Waals surface area contributed by atoms with E-state index in [1.54, 1.807) is 25.2 Å². The summed E-state index contributed by atoms with van der Waals surface area (Å²) in [5.74, 6) is 0.209. The first-order valence-electron chi connectivity index (χ1n) is 12.0. The summed E-state index contributed by atoms with van der Waals surface area (Å²) in [4.78, 5) is 27.5.